The molecule has 4 nitrogen and oxygen atoms in total. The van der Waals surface area contributed by atoms with Crippen LogP contribution in [-0.4, -0.2) is 17.0 Å². The van der Waals surface area contributed by atoms with Gasteiger partial charge in [0.05, 0.1) is 0 Å². The molecule has 0 fully saturated rings. The van der Waals surface area contributed by atoms with Crippen LogP contribution >= 0.6 is 0 Å². The van der Waals surface area contributed by atoms with Crippen LogP contribution in [0.15, 0.2) is 0 Å². The normalized spacial score (nSPS) is 12.5. The minimum Gasteiger partial charge on any atom is -0.481 e. The van der Waals surface area contributed by atoms with Crippen LogP contribution in [0, 0.1) is 5.92 Å². The van der Waals surface area contributed by atoms with Gasteiger partial charge in [-0.15, -0.1) is 0 Å². The maximum atomic E-state index is 10.4. The third-order valence-corrected chi connectivity index (χ3v) is 1.22. The van der Waals surface area contributed by atoms with E-state index in [4.69, 9.17) is 10.8 Å². The van der Waals surface area contributed by atoms with Crippen molar-refractivity contribution in [3.05, 3.63) is 0 Å². The molecule has 3 N–H and O–H groups in total. The summed E-state index contributed by atoms with van der Waals surface area (Å²) in [6.07, 6.45) is 0.977. The molecule has 0 aromatic heterocycles. The predicted octanol–water partition coefficient (Wildman–Crippen LogP) is -0.0274. The maximum absolute atomic E-state index is 10.4. The van der Waals surface area contributed by atoms with E-state index in [2.05, 4.69) is 0 Å². The number of rotatable bonds is 4. The van der Waals surface area contributed by atoms with E-state index in [9.17, 15) is 9.59 Å². The molecule has 0 aromatic carbocycles. The van der Waals surface area contributed by atoms with Crippen LogP contribution in [0.1, 0.15) is 19.8 Å². The molecule has 0 aromatic rings. The fourth-order valence-corrected chi connectivity index (χ4v) is 0.676. The van der Waals surface area contributed by atoms with Crippen LogP contribution in [0.3, 0.4) is 0 Å². The molecule has 0 bridgehead atoms. The number of carbonyl (C=O) groups excluding carboxylic acids is 1. The highest BCUT2D eigenvalue weighted by Gasteiger charge is 2.21. The molecule has 0 aliphatic rings. The van der Waals surface area contributed by atoms with Crippen molar-refractivity contribution in [1.82, 2.24) is 0 Å². The van der Waals surface area contributed by atoms with Gasteiger partial charge in [-0.25, -0.2) is 0 Å². The predicted molar refractivity (Wildman–Crippen MR) is 35.2 cm³/mol. The average Bonchev–Trinajstić information content (AvgIpc) is 1.81. The summed E-state index contributed by atoms with van der Waals surface area (Å²) >= 11 is 0. The molecule has 0 aliphatic carbocycles. The minimum atomic E-state index is -1.13. The van der Waals surface area contributed by atoms with Crippen molar-refractivity contribution < 1.29 is 14.7 Å². The zero-order valence-corrected chi connectivity index (χ0v) is 5.83. The molecule has 0 rings (SSSR count). The van der Waals surface area contributed by atoms with E-state index in [1.807, 2.05) is 0 Å². The minimum absolute atomic E-state index is 0.324. The molecule has 4 heteroatoms. The summed E-state index contributed by atoms with van der Waals surface area (Å²) in [4.78, 5) is 20.6. The fraction of sp³-hybridized carbons (Fsp3) is 0.667. The summed E-state index contributed by atoms with van der Waals surface area (Å²) in [5.41, 5.74) is 4.80. The zero-order valence-electron chi connectivity index (χ0n) is 5.83. The van der Waals surface area contributed by atoms with Gasteiger partial charge in [-0.3, -0.25) is 9.59 Å². The Morgan fingerprint density at radius 1 is 1.60 bits per heavy atom. The molecule has 0 spiro atoms. The van der Waals surface area contributed by atoms with Crippen LogP contribution in [0.2, 0.25) is 0 Å². The molecule has 1 amide bonds. The molecule has 0 aliphatic heterocycles. The van der Waals surface area contributed by atoms with Crippen LogP contribution in [0.4, 0.5) is 0 Å². The largest absolute Gasteiger partial charge is 0.481 e. The Kier molecular flexibility index (Phi) is 3.46. The van der Waals surface area contributed by atoms with Crippen LogP contribution < -0.4 is 5.73 Å². The van der Waals surface area contributed by atoms with Crippen molar-refractivity contribution in [2.24, 2.45) is 11.7 Å². The van der Waals surface area contributed by atoms with Crippen molar-refractivity contribution in [2.75, 3.05) is 0 Å². The number of carboxylic acids is 1. The topological polar surface area (TPSA) is 80.4 Å². The number of amides is 1. The van der Waals surface area contributed by atoms with Gasteiger partial charge in [-0.05, 0) is 6.42 Å². The summed E-state index contributed by atoms with van der Waals surface area (Å²) in [6.45, 7) is 1.80. The van der Waals surface area contributed by atoms with Gasteiger partial charge in [-0.2, -0.15) is 0 Å². The van der Waals surface area contributed by atoms with Gasteiger partial charge in [-0.1, -0.05) is 13.3 Å². The molecule has 10 heavy (non-hydrogen) atoms. The monoisotopic (exact) mass is 145 g/mol. The Balaban J connectivity index is 3.98. The van der Waals surface area contributed by atoms with Gasteiger partial charge >= 0.3 is 5.97 Å². The van der Waals surface area contributed by atoms with Crippen LogP contribution in [0.5, 0.6) is 0 Å². The van der Waals surface area contributed by atoms with E-state index in [0.29, 0.717) is 12.8 Å². The van der Waals surface area contributed by atoms with E-state index in [1.54, 1.807) is 6.92 Å². The molecule has 1 atom stereocenters. The number of carboxylic acid groups (broad SMARTS) is 1. The van der Waals surface area contributed by atoms with Gasteiger partial charge in [0.1, 0.15) is 5.92 Å². The first-order valence-electron chi connectivity index (χ1n) is 3.11. The summed E-state index contributed by atoms with van der Waals surface area (Å²) < 4.78 is 0. The fourth-order valence-electron chi connectivity index (χ4n) is 0.676. The average molecular weight is 145 g/mol. The number of carbonyl (C=O) groups is 2. The zero-order chi connectivity index (χ0) is 8.15. The molecule has 58 valence electrons. The number of hydrogen-bond acceptors (Lipinski definition) is 2. The SMILES string of the molecule is CCC[C@H](C(N)=O)C(=O)O. The second-order valence-electron chi connectivity index (χ2n) is 2.08. The van der Waals surface area contributed by atoms with E-state index in [1.165, 1.54) is 0 Å². The first-order valence-corrected chi connectivity index (χ1v) is 3.11. The maximum Gasteiger partial charge on any atom is 0.316 e. The second-order valence-corrected chi connectivity index (χ2v) is 2.08. The summed E-state index contributed by atoms with van der Waals surface area (Å²) in [7, 11) is 0. The first-order chi connectivity index (χ1) is 4.59. The lowest BCUT2D eigenvalue weighted by Crippen LogP contribution is -2.29. The summed E-state index contributed by atoms with van der Waals surface area (Å²) in [6, 6.07) is 0. The number of hydrogen-bond donors (Lipinski definition) is 2. The second kappa shape index (κ2) is 3.87. The Labute approximate surface area is 59.0 Å². The number of primary amides is 1. The number of aliphatic carboxylic acids is 1. The van der Waals surface area contributed by atoms with Gasteiger partial charge in [0.15, 0.2) is 0 Å². The summed E-state index contributed by atoms with van der Waals surface area (Å²) in [5, 5.41) is 8.37. The smallest absolute Gasteiger partial charge is 0.316 e. The molecular weight excluding hydrogens is 134 g/mol. The molecule has 0 unspecified atom stereocenters. The Morgan fingerprint density at radius 2 is 2.10 bits per heavy atom. The van der Waals surface area contributed by atoms with Crippen molar-refractivity contribution >= 4 is 11.9 Å². The van der Waals surface area contributed by atoms with Crippen molar-refractivity contribution in [3.63, 3.8) is 0 Å². The highest BCUT2D eigenvalue weighted by molar-refractivity contribution is 5.95. The van der Waals surface area contributed by atoms with Crippen molar-refractivity contribution in [2.45, 2.75) is 19.8 Å². The standard InChI is InChI=1S/C6H11NO3/c1-2-3-4(5(7)8)6(9)10/h4H,2-3H2,1H3,(H2,7,8)(H,9,10)/t4-/m1/s1. The van der Waals surface area contributed by atoms with Gasteiger partial charge in [0, 0.05) is 0 Å². The molecule has 0 radical (unpaired) electrons. The van der Waals surface area contributed by atoms with E-state index in [-0.39, 0.29) is 0 Å². The number of nitrogens with two attached hydrogens (primary N) is 1. The first kappa shape index (κ1) is 8.94. The Morgan fingerprint density at radius 3 is 2.20 bits per heavy atom. The van der Waals surface area contributed by atoms with E-state index >= 15 is 0 Å². The van der Waals surface area contributed by atoms with Crippen LogP contribution in [0.25, 0.3) is 0 Å². The Hall–Kier alpha value is -1.06. The van der Waals surface area contributed by atoms with Gasteiger partial charge < -0.3 is 10.8 Å². The quantitative estimate of drug-likeness (QED) is 0.545. The highest BCUT2D eigenvalue weighted by Crippen LogP contribution is 2.04. The Bertz CT molecular complexity index is 130. The highest BCUT2D eigenvalue weighted by atomic mass is 16.4. The lowest BCUT2D eigenvalue weighted by atomic mass is 10.0. The van der Waals surface area contributed by atoms with Gasteiger partial charge in [0.25, 0.3) is 0 Å². The lowest BCUT2D eigenvalue weighted by Gasteiger charge is -2.04. The molecule has 0 heterocycles. The molecule has 0 saturated carbocycles. The van der Waals surface area contributed by atoms with E-state index in [0.717, 1.165) is 0 Å². The van der Waals surface area contributed by atoms with Gasteiger partial charge in [0.2, 0.25) is 5.91 Å². The summed E-state index contributed by atoms with van der Waals surface area (Å²) in [5.74, 6) is -2.89. The van der Waals surface area contributed by atoms with Crippen LogP contribution in [-0.2, 0) is 9.59 Å². The van der Waals surface area contributed by atoms with Crippen molar-refractivity contribution in [1.29, 1.82) is 0 Å². The molecule has 0 saturated heterocycles. The third kappa shape index (κ3) is 2.48. The lowest BCUT2D eigenvalue weighted by molar-refractivity contribution is -0.146. The third-order valence-electron chi connectivity index (χ3n) is 1.22. The van der Waals surface area contributed by atoms with Crippen molar-refractivity contribution in [3.8, 4) is 0 Å². The van der Waals surface area contributed by atoms with E-state index < -0.39 is 17.8 Å². The molecular formula is C6H11NO3.